The van der Waals surface area contributed by atoms with Gasteiger partial charge < -0.3 is 10.2 Å². The first-order valence-corrected chi connectivity index (χ1v) is 7.94. The quantitative estimate of drug-likeness (QED) is 0.758. The summed E-state index contributed by atoms with van der Waals surface area (Å²) < 4.78 is 1.81. The fourth-order valence-corrected chi connectivity index (χ4v) is 2.49. The van der Waals surface area contributed by atoms with E-state index < -0.39 is 0 Å². The number of anilines is 1. The molecule has 2 aromatic rings. The predicted octanol–water partition coefficient (Wildman–Crippen LogP) is 2.33. The molecule has 0 aliphatic rings. The molecule has 2 rings (SSSR count). The van der Waals surface area contributed by atoms with Gasteiger partial charge in [0.1, 0.15) is 0 Å². The first kappa shape index (κ1) is 16.4. The van der Waals surface area contributed by atoms with Crippen molar-refractivity contribution in [2.24, 2.45) is 7.05 Å². The molecule has 0 bridgehead atoms. The van der Waals surface area contributed by atoms with Gasteiger partial charge in [0.2, 0.25) is 5.95 Å². The Bertz CT molecular complexity index is 588. The van der Waals surface area contributed by atoms with Crippen molar-refractivity contribution in [3.05, 3.63) is 24.2 Å². The molecule has 0 radical (unpaired) electrons. The summed E-state index contributed by atoms with van der Waals surface area (Å²) in [5.74, 6) is 0.681. The molecule has 120 valence electrons. The van der Waals surface area contributed by atoms with E-state index in [1.807, 2.05) is 30.9 Å². The second-order valence-corrected chi connectivity index (χ2v) is 5.37. The second kappa shape index (κ2) is 7.89. The Morgan fingerprint density at radius 2 is 2.05 bits per heavy atom. The van der Waals surface area contributed by atoms with Crippen molar-refractivity contribution in [1.82, 2.24) is 24.6 Å². The Labute approximate surface area is 132 Å². The smallest absolute Gasteiger partial charge is 0.223 e. The van der Waals surface area contributed by atoms with E-state index in [1.165, 1.54) is 0 Å². The molecule has 0 saturated carbocycles. The molecule has 0 aliphatic carbocycles. The lowest BCUT2D eigenvalue weighted by molar-refractivity contribution is 0.303. The monoisotopic (exact) mass is 302 g/mol. The molecule has 0 aromatic carbocycles. The molecular formula is C16H26N6. The van der Waals surface area contributed by atoms with Crippen LogP contribution >= 0.6 is 0 Å². The summed E-state index contributed by atoms with van der Waals surface area (Å²) in [5, 5.41) is 7.67. The first-order chi connectivity index (χ1) is 10.6. The average Bonchev–Trinajstić information content (AvgIpc) is 2.86. The van der Waals surface area contributed by atoms with Gasteiger partial charge in [-0.25, -0.2) is 9.97 Å². The van der Waals surface area contributed by atoms with Gasteiger partial charge in [0.25, 0.3) is 0 Å². The van der Waals surface area contributed by atoms with Gasteiger partial charge in [0.05, 0.1) is 11.4 Å². The van der Waals surface area contributed by atoms with E-state index in [1.54, 1.807) is 6.20 Å². The van der Waals surface area contributed by atoms with Crippen LogP contribution in [0, 0.1) is 6.92 Å². The summed E-state index contributed by atoms with van der Waals surface area (Å²) in [5.41, 5.74) is 2.94. The van der Waals surface area contributed by atoms with Gasteiger partial charge in [0.15, 0.2) is 0 Å². The third kappa shape index (κ3) is 4.27. The van der Waals surface area contributed by atoms with Crippen molar-refractivity contribution < 1.29 is 0 Å². The van der Waals surface area contributed by atoms with Crippen LogP contribution in [0.15, 0.2) is 18.5 Å². The van der Waals surface area contributed by atoms with Gasteiger partial charge in [-0.05, 0) is 39.0 Å². The number of aromatic nitrogens is 4. The molecule has 0 spiro atoms. The minimum atomic E-state index is 0.681. The summed E-state index contributed by atoms with van der Waals surface area (Å²) in [7, 11) is 1.92. The third-order valence-electron chi connectivity index (χ3n) is 3.77. The molecule has 0 fully saturated rings. The molecule has 1 N–H and O–H groups in total. The van der Waals surface area contributed by atoms with Crippen LogP contribution in [0.2, 0.25) is 0 Å². The Morgan fingerprint density at radius 3 is 2.68 bits per heavy atom. The van der Waals surface area contributed by atoms with Gasteiger partial charge in [0, 0.05) is 31.5 Å². The van der Waals surface area contributed by atoms with Gasteiger partial charge in [-0.15, -0.1) is 0 Å². The van der Waals surface area contributed by atoms with E-state index in [9.17, 15) is 0 Å². The van der Waals surface area contributed by atoms with Crippen LogP contribution in [0.25, 0.3) is 11.3 Å². The summed E-state index contributed by atoms with van der Waals surface area (Å²) in [6.45, 7) is 10.6. The van der Waals surface area contributed by atoms with Crippen LogP contribution < -0.4 is 5.32 Å². The number of aryl methyl sites for hydroxylation is 2. The fraction of sp³-hybridized carbons (Fsp3) is 0.562. The average molecular weight is 302 g/mol. The SMILES string of the molecule is CCN(CC)CCCNc1nccc(-c2cn(C)nc2C)n1. The highest BCUT2D eigenvalue weighted by Gasteiger charge is 2.08. The maximum absolute atomic E-state index is 4.58. The van der Waals surface area contributed by atoms with Crippen LogP contribution in [0.5, 0.6) is 0 Å². The highest BCUT2D eigenvalue weighted by molar-refractivity contribution is 5.61. The summed E-state index contributed by atoms with van der Waals surface area (Å²) in [4.78, 5) is 11.3. The van der Waals surface area contributed by atoms with Crippen LogP contribution in [0.4, 0.5) is 5.95 Å². The maximum Gasteiger partial charge on any atom is 0.223 e. The number of nitrogens with zero attached hydrogens (tertiary/aromatic N) is 5. The minimum Gasteiger partial charge on any atom is -0.354 e. The second-order valence-electron chi connectivity index (χ2n) is 5.37. The zero-order chi connectivity index (χ0) is 15.9. The number of hydrogen-bond acceptors (Lipinski definition) is 5. The van der Waals surface area contributed by atoms with Gasteiger partial charge >= 0.3 is 0 Å². The first-order valence-electron chi connectivity index (χ1n) is 7.94. The van der Waals surface area contributed by atoms with Crippen LogP contribution in [-0.4, -0.2) is 50.8 Å². The molecule has 0 unspecified atom stereocenters. The van der Waals surface area contributed by atoms with E-state index in [2.05, 4.69) is 39.1 Å². The van der Waals surface area contributed by atoms with Gasteiger partial charge in [-0.3, -0.25) is 4.68 Å². The van der Waals surface area contributed by atoms with Crippen molar-refractivity contribution in [3.8, 4) is 11.3 Å². The van der Waals surface area contributed by atoms with Crippen LogP contribution in [-0.2, 0) is 7.05 Å². The molecule has 2 heterocycles. The van der Waals surface area contributed by atoms with Crippen molar-refractivity contribution >= 4 is 5.95 Å². The van der Waals surface area contributed by atoms with Crippen molar-refractivity contribution in [1.29, 1.82) is 0 Å². The third-order valence-corrected chi connectivity index (χ3v) is 3.77. The molecular weight excluding hydrogens is 276 g/mol. The van der Waals surface area contributed by atoms with E-state index in [0.717, 1.165) is 49.6 Å². The predicted molar refractivity (Wildman–Crippen MR) is 89.9 cm³/mol. The zero-order valence-corrected chi connectivity index (χ0v) is 14.0. The lowest BCUT2D eigenvalue weighted by Gasteiger charge is -2.17. The number of nitrogens with one attached hydrogen (secondary N) is 1. The van der Waals surface area contributed by atoms with Gasteiger partial charge in [-0.1, -0.05) is 13.8 Å². The Kier molecular flexibility index (Phi) is 5.89. The standard InChI is InChI=1S/C16H26N6/c1-5-22(6-2)11-7-9-17-16-18-10-8-15(19-16)14-12-21(4)20-13(14)3/h8,10,12H,5-7,9,11H2,1-4H3,(H,17,18,19). The normalized spacial score (nSPS) is 11.1. The maximum atomic E-state index is 4.58. The summed E-state index contributed by atoms with van der Waals surface area (Å²) in [6.07, 6.45) is 4.87. The Balaban J connectivity index is 1.93. The number of rotatable bonds is 8. The molecule has 2 aromatic heterocycles. The van der Waals surface area contributed by atoms with Crippen molar-refractivity contribution in [2.75, 3.05) is 31.5 Å². The molecule has 22 heavy (non-hydrogen) atoms. The molecule has 6 heteroatoms. The molecule has 0 amide bonds. The highest BCUT2D eigenvalue weighted by Crippen LogP contribution is 2.20. The largest absolute Gasteiger partial charge is 0.354 e. The molecule has 0 saturated heterocycles. The van der Waals surface area contributed by atoms with Gasteiger partial charge in [-0.2, -0.15) is 5.10 Å². The summed E-state index contributed by atoms with van der Waals surface area (Å²) in [6, 6.07) is 1.92. The molecule has 0 aliphatic heterocycles. The summed E-state index contributed by atoms with van der Waals surface area (Å²) >= 11 is 0. The molecule has 6 nitrogen and oxygen atoms in total. The lowest BCUT2D eigenvalue weighted by atomic mass is 10.2. The molecule has 0 atom stereocenters. The van der Waals surface area contributed by atoms with E-state index in [-0.39, 0.29) is 0 Å². The fourth-order valence-electron chi connectivity index (χ4n) is 2.49. The number of hydrogen-bond donors (Lipinski definition) is 1. The van der Waals surface area contributed by atoms with E-state index >= 15 is 0 Å². The topological polar surface area (TPSA) is 58.9 Å². The van der Waals surface area contributed by atoms with Crippen LogP contribution in [0.1, 0.15) is 26.0 Å². The Morgan fingerprint density at radius 1 is 1.27 bits per heavy atom. The van der Waals surface area contributed by atoms with Crippen molar-refractivity contribution in [2.45, 2.75) is 27.2 Å². The zero-order valence-electron chi connectivity index (χ0n) is 14.0. The van der Waals surface area contributed by atoms with E-state index in [0.29, 0.717) is 5.95 Å². The van der Waals surface area contributed by atoms with E-state index in [4.69, 9.17) is 0 Å². The highest BCUT2D eigenvalue weighted by atomic mass is 15.3. The Hall–Kier alpha value is -1.95. The minimum absolute atomic E-state index is 0.681. The van der Waals surface area contributed by atoms with Crippen molar-refractivity contribution in [3.63, 3.8) is 0 Å². The lowest BCUT2D eigenvalue weighted by Crippen LogP contribution is -2.25. The van der Waals surface area contributed by atoms with Crippen LogP contribution in [0.3, 0.4) is 0 Å².